The van der Waals surface area contributed by atoms with E-state index < -0.39 is 12.7 Å². The molecule has 0 radical (unpaired) electrons. The number of pyridine rings is 2. The van der Waals surface area contributed by atoms with Crippen LogP contribution in [0.25, 0.3) is 33.4 Å². The summed E-state index contributed by atoms with van der Waals surface area (Å²) in [4.78, 5) is 17.0. The molecule has 1 atom stereocenters. The minimum atomic E-state index is -3.22. The van der Waals surface area contributed by atoms with E-state index in [9.17, 15) is 13.2 Å². The Balaban J connectivity index is 1.39. The minimum absolute atomic E-state index is 0.188. The fourth-order valence-electron chi connectivity index (χ4n) is 3.41. The summed E-state index contributed by atoms with van der Waals surface area (Å²) in [6.45, 7) is 0.188. The zero-order valence-corrected chi connectivity index (χ0v) is 17.6. The fraction of sp³-hybridized carbons (Fsp3) is 0.125. The van der Waals surface area contributed by atoms with Crippen molar-refractivity contribution in [3.05, 3.63) is 85.2 Å². The van der Waals surface area contributed by atoms with E-state index in [1.165, 1.54) is 18.6 Å². The van der Waals surface area contributed by atoms with E-state index in [0.717, 1.165) is 16.6 Å². The van der Waals surface area contributed by atoms with Crippen LogP contribution >= 0.6 is 0 Å². The maximum absolute atomic E-state index is 14.0. The molecule has 1 unspecified atom stereocenters. The third-order valence-corrected chi connectivity index (χ3v) is 5.08. The van der Waals surface area contributed by atoms with Crippen molar-refractivity contribution in [1.29, 1.82) is 0 Å². The van der Waals surface area contributed by atoms with Crippen LogP contribution in [-0.4, -0.2) is 36.1 Å². The molecule has 1 aromatic carbocycles. The van der Waals surface area contributed by atoms with Crippen molar-refractivity contribution in [3.63, 3.8) is 0 Å². The highest BCUT2D eigenvalue weighted by atomic mass is 19.3. The molecule has 170 valence electrons. The van der Waals surface area contributed by atoms with Gasteiger partial charge < -0.3 is 4.74 Å². The molecule has 0 aliphatic carbocycles. The summed E-state index contributed by atoms with van der Waals surface area (Å²) in [6.07, 6.45) is 1.30. The Hall–Kier alpha value is -4.34. The number of ether oxygens (including phenoxy) is 1. The molecule has 0 saturated carbocycles. The molecule has 34 heavy (non-hydrogen) atoms. The Kier molecular flexibility index (Phi) is 5.86. The standard InChI is InChI=1S/C24H17F3N6O/c25-23(26)24(27)33-13-18(15-7-9-28-10-8-15)22(32-33)20-11-30-21(12-29-20)34-14-17-6-5-16-3-1-2-4-19(16)31-17/h1-13,23-24H,14H2. The van der Waals surface area contributed by atoms with Crippen LogP contribution < -0.4 is 4.74 Å². The molecule has 5 aromatic rings. The number of hydrogen-bond donors (Lipinski definition) is 0. The van der Waals surface area contributed by atoms with Crippen molar-refractivity contribution in [2.24, 2.45) is 0 Å². The first-order chi connectivity index (χ1) is 16.6. The summed E-state index contributed by atoms with van der Waals surface area (Å²) in [7, 11) is 0. The zero-order valence-electron chi connectivity index (χ0n) is 17.6. The number of halogens is 3. The highest BCUT2D eigenvalue weighted by Crippen LogP contribution is 2.32. The van der Waals surface area contributed by atoms with E-state index in [4.69, 9.17) is 4.74 Å². The van der Waals surface area contributed by atoms with Crippen LogP contribution in [0.4, 0.5) is 13.2 Å². The quantitative estimate of drug-likeness (QED) is 0.328. The van der Waals surface area contributed by atoms with Gasteiger partial charge in [-0.25, -0.2) is 32.8 Å². The Labute approximate surface area is 191 Å². The molecule has 0 amide bonds. The number of benzene rings is 1. The number of aromatic nitrogens is 6. The lowest BCUT2D eigenvalue weighted by Gasteiger charge is -2.07. The number of nitrogens with zero attached hydrogens (tertiary/aromatic N) is 6. The van der Waals surface area contributed by atoms with Gasteiger partial charge in [-0.15, -0.1) is 0 Å². The molecule has 0 aliphatic heterocycles. The maximum atomic E-state index is 14.0. The molecule has 0 spiro atoms. The van der Waals surface area contributed by atoms with Crippen molar-refractivity contribution in [2.45, 2.75) is 19.3 Å². The third kappa shape index (κ3) is 4.42. The van der Waals surface area contributed by atoms with Gasteiger partial charge in [-0.05, 0) is 29.8 Å². The Morgan fingerprint density at radius 1 is 0.912 bits per heavy atom. The smallest absolute Gasteiger partial charge is 0.289 e. The van der Waals surface area contributed by atoms with E-state index in [1.807, 2.05) is 36.4 Å². The van der Waals surface area contributed by atoms with Gasteiger partial charge in [0.1, 0.15) is 18.0 Å². The van der Waals surface area contributed by atoms with Crippen LogP contribution in [0.5, 0.6) is 5.88 Å². The van der Waals surface area contributed by atoms with Gasteiger partial charge in [0.05, 0.1) is 23.6 Å². The molecule has 4 heterocycles. The normalized spacial score (nSPS) is 12.2. The highest BCUT2D eigenvalue weighted by molar-refractivity contribution is 5.79. The van der Waals surface area contributed by atoms with Gasteiger partial charge in [-0.2, -0.15) is 5.10 Å². The largest absolute Gasteiger partial charge is 0.470 e. The molecule has 4 aromatic heterocycles. The Morgan fingerprint density at radius 3 is 2.50 bits per heavy atom. The molecule has 0 N–H and O–H groups in total. The molecule has 0 fully saturated rings. The van der Waals surface area contributed by atoms with Gasteiger partial charge in [0.25, 0.3) is 12.7 Å². The lowest BCUT2D eigenvalue weighted by molar-refractivity contribution is 0.000920. The first-order valence-corrected chi connectivity index (χ1v) is 10.3. The Morgan fingerprint density at radius 2 is 1.74 bits per heavy atom. The van der Waals surface area contributed by atoms with Gasteiger partial charge in [0.15, 0.2) is 0 Å². The van der Waals surface area contributed by atoms with Crippen molar-refractivity contribution >= 4 is 10.9 Å². The summed E-state index contributed by atoms with van der Waals surface area (Å²) in [5.41, 5.74) is 3.13. The van der Waals surface area contributed by atoms with Gasteiger partial charge >= 0.3 is 0 Å². The molecule has 10 heteroatoms. The van der Waals surface area contributed by atoms with Gasteiger partial charge in [-0.3, -0.25) is 4.98 Å². The van der Waals surface area contributed by atoms with Gasteiger partial charge in [0, 0.05) is 29.5 Å². The number of alkyl halides is 3. The second-order valence-corrected chi connectivity index (χ2v) is 7.34. The lowest BCUT2D eigenvalue weighted by Crippen LogP contribution is -2.12. The molecule has 0 saturated heterocycles. The lowest BCUT2D eigenvalue weighted by atomic mass is 10.1. The average molecular weight is 462 g/mol. The SMILES string of the molecule is FC(F)C(F)n1cc(-c2ccncc2)c(-c2cnc(OCc3ccc4ccccc4n3)cn2)n1. The number of fused-ring (bicyclic) bond motifs is 1. The second-order valence-electron chi connectivity index (χ2n) is 7.34. The predicted molar refractivity (Wildman–Crippen MR) is 119 cm³/mol. The third-order valence-electron chi connectivity index (χ3n) is 5.08. The van der Waals surface area contributed by atoms with E-state index >= 15 is 0 Å². The van der Waals surface area contributed by atoms with E-state index in [1.54, 1.807) is 24.5 Å². The average Bonchev–Trinajstić information content (AvgIpc) is 3.33. The second kappa shape index (κ2) is 9.26. The molecule has 0 aliphatic rings. The summed E-state index contributed by atoms with van der Waals surface area (Å²) in [5, 5.41) is 5.05. The molecule has 7 nitrogen and oxygen atoms in total. The first kappa shape index (κ1) is 21.5. The summed E-state index contributed by atoms with van der Waals surface area (Å²) in [5.74, 6) is 0.250. The predicted octanol–water partition coefficient (Wildman–Crippen LogP) is 5.26. The zero-order chi connectivity index (χ0) is 23.5. The highest BCUT2D eigenvalue weighted by Gasteiger charge is 2.25. The van der Waals surface area contributed by atoms with Crippen LogP contribution in [0.1, 0.15) is 12.0 Å². The van der Waals surface area contributed by atoms with Crippen molar-refractivity contribution in [2.75, 3.05) is 0 Å². The van der Waals surface area contributed by atoms with Crippen LogP contribution in [0, 0.1) is 0 Å². The molecule has 5 rings (SSSR count). The van der Waals surface area contributed by atoms with Crippen LogP contribution in [0.3, 0.4) is 0 Å². The Bertz CT molecular complexity index is 1410. The molecular weight excluding hydrogens is 445 g/mol. The van der Waals surface area contributed by atoms with Crippen LogP contribution in [0.2, 0.25) is 0 Å². The minimum Gasteiger partial charge on any atom is -0.470 e. The fourth-order valence-corrected chi connectivity index (χ4v) is 3.41. The summed E-state index contributed by atoms with van der Waals surface area (Å²) < 4.78 is 46.1. The molecule has 0 bridgehead atoms. The van der Waals surface area contributed by atoms with Gasteiger partial charge in [0.2, 0.25) is 5.88 Å². The number of hydrogen-bond acceptors (Lipinski definition) is 6. The van der Waals surface area contributed by atoms with Crippen LogP contribution in [-0.2, 0) is 6.61 Å². The monoisotopic (exact) mass is 462 g/mol. The topological polar surface area (TPSA) is 78.6 Å². The van der Waals surface area contributed by atoms with E-state index in [-0.39, 0.29) is 23.9 Å². The van der Waals surface area contributed by atoms with E-state index in [2.05, 4.69) is 25.0 Å². The summed E-state index contributed by atoms with van der Waals surface area (Å²) >= 11 is 0. The number of rotatable bonds is 7. The van der Waals surface area contributed by atoms with Gasteiger partial charge in [-0.1, -0.05) is 24.3 Å². The van der Waals surface area contributed by atoms with Crippen LogP contribution in [0.15, 0.2) is 79.5 Å². The maximum Gasteiger partial charge on any atom is 0.289 e. The van der Waals surface area contributed by atoms with Crippen molar-refractivity contribution in [3.8, 4) is 28.4 Å². The van der Waals surface area contributed by atoms with E-state index in [0.29, 0.717) is 15.8 Å². The number of para-hydroxylation sites is 1. The van der Waals surface area contributed by atoms with Crippen molar-refractivity contribution in [1.82, 2.24) is 29.7 Å². The summed E-state index contributed by atoms with van der Waals surface area (Å²) in [6, 6.07) is 14.9. The van der Waals surface area contributed by atoms with Crippen molar-refractivity contribution < 1.29 is 17.9 Å². The molecular formula is C24H17F3N6O. The first-order valence-electron chi connectivity index (χ1n) is 10.3.